The third-order valence-corrected chi connectivity index (χ3v) is 2.96. The van der Waals surface area contributed by atoms with E-state index in [-0.39, 0.29) is 0 Å². The van der Waals surface area contributed by atoms with Crippen molar-refractivity contribution >= 4 is 5.97 Å². The third kappa shape index (κ3) is 1.94. The minimum atomic E-state index is -0.425. The summed E-state index contributed by atoms with van der Waals surface area (Å²) in [5, 5.41) is 0. The number of hydrogen-bond acceptors (Lipinski definition) is 2. The van der Waals surface area contributed by atoms with Gasteiger partial charge in [-0.3, -0.25) is 0 Å². The first-order valence-electron chi connectivity index (χ1n) is 5.47. The topological polar surface area (TPSA) is 26.3 Å². The molecule has 2 aliphatic carbocycles. The van der Waals surface area contributed by atoms with Crippen LogP contribution in [0.1, 0.15) is 11.1 Å². The first-order valence-corrected chi connectivity index (χ1v) is 5.47. The smallest absolute Gasteiger partial charge is 0.335 e. The van der Waals surface area contributed by atoms with Crippen LogP contribution in [0.3, 0.4) is 0 Å². The van der Waals surface area contributed by atoms with Crippen LogP contribution in [0.15, 0.2) is 43.0 Å². The molecule has 2 rings (SSSR count). The average molecular weight is 226 g/mol. The number of fused-ring (bicyclic) bond motifs is 1. The highest BCUT2D eigenvalue weighted by atomic mass is 16.5. The summed E-state index contributed by atoms with van der Waals surface area (Å²) in [6, 6.07) is 9.86. The molecule has 2 aliphatic rings. The summed E-state index contributed by atoms with van der Waals surface area (Å²) in [7, 11) is 0. The highest BCUT2D eigenvalue weighted by Crippen LogP contribution is 2.41. The van der Waals surface area contributed by atoms with E-state index >= 15 is 0 Å². The normalized spacial score (nSPS) is 10.2. The van der Waals surface area contributed by atoms with E-state index in [4.69, 9.17) is 4.74 Å². The Kier molecular flexibility index (Phi) is 2.96. The van der Waals surface area contributed by atoms with Gasteiger partial charge < -0.3 is 4.74 Å². The molecule has 0 N–H and O–H groups in total. The van der Waals surface area contributed by atoms with Gasteiger partial charge in [0.15, 0.2) is 0 Å². The van der Waals surface area contributed by atoms with Gasteiger partial charge in [0.25, 0.3) is 0 Å². The van der Waals surface area contributed by atoms with E-state index in [1.165, 1.54) is 6.08 Å². The molecule has 0 atom stereocenters. The number of ether oxygens (including phenoxy) is 1. The van der Waals surface area contributed by atoms with Crippen molar-refractivity contribution in [3.8, 4) is 16.9 Å². The summed E-state index contributed by atoms with van der Waals surface area (Å²) in [6.07, 6.45) is 1.18. The highest BCUT2D eigenvalue weighted by molar-refractivity contribution is 5.88. The number of carbonyl (C=O) groups is 1. The van der Waals surface area contributed by atoms with Crippen molar-refractivity contribution in [3.05, 3.63) is 54.1 Å². The monoisotopic (exact) mass is 226 g/mol. The first-order chi connectivity index (χ1) is 8.15. The predicted molar refractivity (Wildman–Crippen MR) is 68.4 cm³/mol. The van der Waals surface area contributed by atoms with Crippen molar-refractivity contribution in [2.24, 2.45) is 0 Å². The maximum absolute atomic E-state index is 11.3. The molecule has 0 radical (unpaired) electrons. The van der Waals surface area contributed by atoms with Gasteiger partial charge in [0, 0.05) is 11.6 Å². The Morgan fingerprint density at radius 3 is 2.41 bits per heavy atom. The zero-order valence-corrected chi connectivity index (χ0v) is 9.99. The van der Waals surface area contributed by atoms with Gasteiger partial charge in [-0.25, -0.2) is 4.79 Å². The van der Waals surface area contributed by atoms with Gasteiger partial charge in [0.2, 0.25) is 0 Å². The van der Waals surface area contributed by atoms with Crippen molar-refractivity contribution in [2.75, 3.05) is 0 Å². The van der Waals surface area contributed by atoms with Crippen LogP contribution in [0.4, 0.5) is 0 Å². The molecule has 0 unspecified atom stereocenters. The number of carbonyl (C=O) groups excluding carboxylic acids is 1. The molecule has 0 saturated heterocycles. The molecule has 0 spiro atoms. The zero-order chi connectivity index (χ0) is 12.4. The van der Waals surface area contributed by atoms with Crippen LogP contribution in [0.5, 0.6) is 5.75 Å². The number of hydrogen-bond donors (Lipinski definition) is 0. The molecule has 2 nitrogen and oxygen atoms in total. The molecule has 2 heteroatoms. The standard InChI is InChI=1S/C15H14O2/c1-4-14(16)17-15-11(3)10(2)12-8-6-5-7-9-13(12)15/h4-9H,1H2,2-3H3. The van der Waals surface area contributed by atoms with E-state index in [9.17, 15) is 4.79 Å². The van der Waals surface area contributed by atoms with E-state index in [0.29, 0.717) is 5.75 Å². The Labute approximate surface area is 101 Å². The summed E-state index contributed by atoms with van der Waals surface area (Å²) < 4.78 is 5.31. The summed E-state index contributed by atoms with van der Waals surface area (Å²) in [5.41, 5.74) is 4.21. The van der Waals surface area contributed by atoms with Crippen LogP contribution >= 0.6 is 0 Å². The fourth-order valence-electron chi connectivity index (χ4n) is 1.92. The van der Waals surface area contributed by atoms with Crippen molar-refractivity contribution < 1.29 is 9.53 Å². The van der Waals surface area contributed by atoms with Gasteiger partial charge in [0.1, 0.15) is 5.75 Å². The lowest BCUT2D eigenvalue weighted by Gasteiger charge is -2.02. The molecular weight excluding hydrogens is 212 g/mol. The number of rotatable bonds is 2. The molecular formula is C15H14O2. The lowest BCUT2D eigenvalue weighted by Crippen LogP contribution is -2.03. The van der Waals surface area contributed by atoms with E-state index < -0.39 is 5.97 Å². The van der Waals surface area contributed by atoms with Crippen LogP contribution in [-0.2, 0) is 4.79 Å². The lowest BCUT2D eigenvalue weighted by atomic mass is 10.1. The molecule has 0 aromatic heterocycles. The lowest BCUT2D eigenvalue weighted by molar-refractivity contribution is -0.128. The Bertz CT molecular complexity index is 555. The van der Waals surface area contributed by atoms with E-state index in [0.717, 1.165) is 22.3 Å². The molecule has 0 fully saturated rings. The molecule has 0 aromatic rings. The van der Waals surface area contributed by atoms with Gasteiger partial charge in [-0.15, -0.1) is 0 Å². The molecule has 0 aliphatic heterocycles. The predicted octanol–water partition coefficient (Wildman–Crippen LogP) is 3.50. The van der Waals surface area contributed by atoms with Gasteiger partial charge in [-0.05, 0) is 30.5 Å². The van der Waals surface area contributed by atoms with Crippen molar-refractivity contribution in [2.45, 2.75) is 13.8 Å². The molecule has 0 aromatic carbocycles. The van der Waals surface area contributed by atoms with Gasteiger partial charge in [0.05, 0.1) is 0 Å². The van der Waals surface area contributed by atoms with Crippen LogP contribution in [0, 0.1) is 13.8 Å². The summed E-state index contributed by atoms with van der Waals surface area (Å²) in [6.45, 7) is 7.40. The SMILES string of the molecule is C=CC(=O)Oc1c2cccccc-2c(C)c1C. The van der Waals surface area contributed by atoms with Gasteiger partial charge in [-0.2, -0.15) is 0 Å². The maximum atomic E-state index is 11.3. The summed E-state index contributed by atoms with van der Waals surface area (Å²) in [4.78, 5) is 11.3. The van der Waals surface area contributed by atoms with E-state index in [2.05, 4.69) is 6.58 Å². The van der Waals surface area contributed by atoms with Gasteiger partial charge >= 0.3 is 5.97 Å². The second kappa shape index (κ2) is 4.42. The van der Waals surface area contributed by atoms with E-state index in [1.807, 2.05) is 44.2 Å². The average Bonchev–Trinajstić information content (AvgIpc) is 2.55. The Morgan fingerprint density at radius 2 is 1.76 bits per heavy atom. The fourth-order valence-corrected chi connectivity index (χ4v) is 1.92. The van der Waals surface area contributed by atoms with Gasteiger partial charge in [-0.1, -0.05) is 36.9 Å². The summed E-state index contributed by atoms with van der Waals surface area (Å²) >= 11 is 0. The van der Waals surface area contributed by atoms with Crippen LogP contribution in [-0.4, -0.2) is 5.97 Å². The summed E-state index contributed by atoms with van der Waals surface area (Å²) in [5.74, 6) is 0.213. The largest absolute Gasteiger partial charge is 0.422 e. The first kappa shape index (κ1) is 11.4. The molecule has 0 saturated carbocycles. The Balaban J connectivity index is 2.62. The second-order valence-electron chi connectivity index (χ2n) is 3.94. The minimum absolute atomic E-state index is 0.425. The molecule has 0 amide bonds. The van der Waals surface area contributed by atoms with E-state index in [1.54, 1.807) is 0 Å². The number of esters is 1. The third-order valence-electron chi connectivity index (χ3n) is 2.96. The van der Waals surface area contributed by atoms with Crippen LogP contribution in [0.2, 0.25) is 0 Å². The van der Waals surface area contributed by atoms with Crippen molar-refractivity contribution in [1.29, 1.82) is 0 Å². The van der Waals surface area contributed by atoms with Crippen LogP contribution < -0.4 is 4.74 Å². The molecule has 0 bridgehead atoms. The Morgan fingerprint density at radius 1 is 1.12 bits per heavy atom. The fraction of sp³-hybridized carbons (Fsp3) is 0.133. The minimum Gasteiger partial charge on any atom is -0.422 e. The molecule has 86 valence electrons. The quantitative estimate of drug-likeness (QED) is 0.578. The second-order valence-corrected chi connectivity index (χ2v) is 3.94. The molecule has 17 heavy (non-hydrogen) atoms. The molecule has 0 heterocycles. The van der Waals surface area contributed by atoms with Crippen molar-refractivity contribution in [3.63, 3.8) is 0 Å². The van der Waals surface area contributed by atoms with Crippen LogP contribution in [0.25, 0.3) is 11.1 Å². The maximum Gasteiger partial charge on any atom is 0.335 e. The Hall–Kier alpha value is -2.09. The zero-order valence-electron chi connectivity index (χ0n) is 9.99. The van der Waals surface area contributed by atoms with Crippen molar-refractivity contribution in [1.82, 2.24) is 0 Å². The highest BCUT2D eigenvalue weighted by Gasteiger charge is 2.19.